The summed E-state index contributed by atoms with van der Waals surface area (Å²) < 4.78 is 2.09. The molecule has 2 saturated heterocycles. The van der Waals surface area contributed by atoms with Gasteiger partial charge in [0.25, 0.3) is 11.5 Å². The lowest BCUT2D eigenvalue weighted by molar-refractivity contribution is -0.123. The maximum atomic E-state index is 13.0. The van der Waals surface area contributed by atoms with Gasteiger partial charge in [-0.3, -0.25) is 19.1 Å². The predicted octanol–water partition coefficient (Wildman–Crippen LogP) is 3.66. The Kier molecular flexibility index (Phi) is 6.44. The van der Waals surface area contributed by atoms with Gasteiger partial charge in [0.1, 0.15) is 21.8 Å². The number of piperidine rings is 1. The van der Waals surface area contributed by atoms with Gasteiger partial charge in [-0.1, -0.05) is 37.8 Å². The van der Waals surface area contributed by atoms with Gasteiger partial charge in [-0.2, -0.15) is 5.26 Å². The van der Waals surface area contributed by atoms with Crippen LogP contribution in [0.25, 0.3) is 6.08 Å². The first kappa shape index (κ1) is 22.6. The van der Waals surface area contributed by atoms with Gasteiger partial charge >= 0.3 is 0 Å². The standard InChI is InChI=1S/C22H28N4O2S2/c1-12(2)26-21(28)18(30-22(26)29)8-16-15(5)17(9-23)20(27)24(6)19(16)25-10-13(3)7-14(4)11-25/h8,12-14H,7,10-11H2,1-6H3/b18-8-. The van der Waals surface area contributed by atoms with Crippen LogP contribution in [-0.4, -0.2) is 38.8 Å². The van der Waals surface area contributed by atoms with Crippen LogP contribution in [0.1, 0.15) is 50.8 Å². The predicted molar refractivity (Wildman–Crippen MR) is 126 cm³/mol. The van der Waals surface area contributed by atoms with Crippen LogP contribution < -0.4 is 10.5 Å². The Morgan fingerprint density at radius 1 is 1.23 bits per heavy atom. The quantitative estimate of drug-likeness (QED) is 0.524. The Bertz CT molecular complexity index is 1030. The van der Waals surface area contributed by atoms with Gasteiger partial charge in [0.2, 0.25) is 0 Å². The van der Waals surface area contributed by atoms with Crippen molar-refractivity contribution in [1.29, 1.82) is 5.26 Å². The minimum Gasteiger partial charge on any atom is -0.357 e. The van der Waals surface area contributed by atoms with Crippen molar-refractivity contribution in [2.75, 3.05) is 18.0 Å². The largest absolute Gasteiger partial charge is 0.357 e. The minimum atomic E-state index is -0.303. The van der Waals surface area contributed by atoms with E-state index in [1.807, 2.05) is 19.9 Å². The molecule has 3 rings (SSSR count). The molecule has 2 atom stereocenters. The van der Waals surface area contributed by atoms with E-state index < -0.39 is 0 Å². The SMILES string of the molecule is Cc1c(/C=C2\SC(=S)N(C(C)C)C2=O)c(N2CC(C)CC(C)C2)n(C)c(=O)c1C#N. The fraction of sp³-hybridized carbons (Fsp3) is 0.545. The van der Waals surface area contributed by atoms with E-state index in [0.717, 1.165) is 30.9 Å². The van der Waals surface area contributed by atoms with Gasteiger partial charge in [-0.05, 0) is 50.7 Å². The van der Waals surface area contributed by atoms with Crippen LogP contribution in [0.5, 0.6) is 0 Å². The fourth-order valence-electron chi connectivity index (χ4n) is 4.49. The lowest BCUT2D eigenvalue weighted by Crippen LogP contribution is -2.42. The Morgan fingerprint density at radius 3 is 2.33 bits per heavy atom. The van der Waals surface area contributed by atoms with Crippen LogP contribution in [0.3, 0.4) is 0 Å². The minimum absolute atomic E-state index is 0.0254. The van der Waals surface area contributed by atoms with E-state index in [4.69, 9.17) is 12.2 Å². The number of carbonyl (C=O) groups is 1. The highest BCUT2D eigenvalue weighted by molar-refractivity contribution is 8.26. The number of hydrogen-bond donors (Lipinski definition) is 0. The molecule has 6 nitrogen and oxygen atoms in total. The van der Waals surface area contributed by atoms with E-state index in [1.165, 1.54) is 11.8 Å². The van der Waals surface area contributed by atoms with E-state index in [2.05, 4.69) is 24.8 Å². The monoisotopic (exact) mass is 444 g/mol. The third kappa shape index (κ3) is 3.93. The van der Waals surface area contributed by atoms with E-state index in [1.54, 1.807) is 23.4 Å². The molecule has 1 aromatic rings. The lowest BCUT2D eigenvalue weighted by Gasteiger charge is -2.38. The second-order valence-electron chi connectivity index (χ2n) is 8.71. The zero-order chi connectivity index (χ0) is 22.3. The molecule has 0 N–H and O–H groups in total. The highest BCUT2D eigenvalue weighted by atomic mass is 32.2. The summed E-state index contributed by atoms with van der Waals surface area (Å²) in [6.45, 7) is 11.7. The molecule has 2 fully saturated rings. The first-order valence-electron chi connectivity index (χ1n) is 10.2. The first-order valence-corrected chi connectivity index (χ1v) is 11.4. The number of anilines is 1. The average Bonchev–Trinajstić information content (AvgIpc) is 2.93. The molecule has 3 heterocycles. The molecular weight excluding hydrogens is 416 g/mol. The van der Waals surface area contributed by atoms with Gasteiger partial charge in [-0.25, -0.2) is 0 Å². The fourth-order valence-corrected chi connectivity index (χ4v) is 5.99. The number of hydrogen-bond acceptors (Lipinski definition) is 6. The Balaban J connectivity index is 2.22. The topological polar surface area (TPSA) is 69.3 Å². The molecule has 0 bridgehead atoms. The molecule has 2 aliphatic heterocycles. The summed E-state index contributed by atoms with van der Waals surface area (Å²) in [5.41, 5.74) is 1.17. The number of carbonyl (C=O) groups excluding carboxylic acids is 1. The molecule has 30 heavy (non-hydrogen) atoms. The van der Waals surface area contributed by atoms with Gasteiger partial charge in [-0.15, -0.1) is 0 Å². The molecule has 2 unspecified atom stereocenters. The van der Waals surface area contributed by atoms with Crippen molar-refractivity contribution >= 4 is 46.1 Å². The molecule has 2 aliphatic rings. The van der Waals surface area contributed by atoms with Crippen molar-refractivity contribution in [3.63, 3.8) is 0 Å². The van der Waals surface area contributed by atoms with Crippen LogP contribution in [0.2, 0.25) is 0 Å². The molecule has 8 heteroatoms. The summed E-state index contributed by atoms with van der Waals surface area (Å²) in [6.07, 6.45) is 2.96. The first-order chi connectivity index (χ1) is 14.1. The summed E-state index contributed by atoms with van der Waals surface area (Å²) in [5, 5.41) is 9.60. The van der Waals surface area contributed by atoms with E-state index in [-0.39, 0.29) is 23.1 Å². The van der Waals surface area contributed by atoms with Gasteiger partial charge in [0, 0.05) is 31.7 Å². The average molecular weight is 445 g/mol. The van der Waals surface area contributed by atoms with E-state index in [0.29, 0.717) is 26.6 Å². The maximum absolute atomic E-state index is 13.0. The Hall–Kier alpha value is -2.11. The highest BCUT2D eigenvalue weighted by Gasteiger charge is 2.35. The highest BCUT2D eigenvalue weighted by Crippen LogP contribution is 2.37. The van der Waals surface area contributed by atoms with Crippen LogP contribution >= 0.6 is 24.0 Å². The van der Waals surface area contributed by atoms with Crippen LogP contribution in [0, 0.1) is 30.1 Å². The van der Waals surface area contributed by atoms with Crippen molar-refractivity contribution in [3.05, 3.63) is 31.9 Å². The van der Waals surface area contributed by atoms with Crippen LogP contribution in [0.4, 0.5) is 5.82 Å². The van der Waals surface area contributed by atoms with E-state index in [9.17, 15) is 14.9 Å². The molecule has 1 aromatic heterocycles. The third-order valence-corrected chi connectivity index (χ3v) is 7.08. The lowest BCUT2D eigenvalue weighted by atomic mass is 9.91. The molecule has 0 spiro atoms. The maximum Gasteiger partial charge on any atom is 0.270 e. The molecule has 0 aliphatic carbocycles. The van der Waals surface area contributed by atoms with Crippen LogP contribution in [0.15, 0.2) is 9.70 Å². The molecular formula is C22H28N4O2S2. The summed E-state index contributed by atoms with van der Waals surface area (Å²) in [6, 6.07) is 2.03. The summed E-state index contributed by atoms with van der Waals surface area (Å²) >= 11 is 6.69. The summed E-state index contributed by atoms with van der Waals surface area (Å²) in [4.78, 5) is 30.2. The number of nitrogens with zero attached hydrogens (tertiary/aromatic N) is 4. The van der Waals surface area contributed by atoms with Crippen molar-refractivity contribution in [3.8, 4) is 6.07 Å². The number of thioether (sulfide) groups is 1. The van der Waals surface area contributed by atoms with Crippen LogP contribution in [-0.2, 0) is 11.8 Å². The van der Waals surface area contributed by atoms with E-state index >= 15 is 0 Å². The summed E-state index contributed by atoms with van der Waals surface area (Å²) in [5.74, 6) is 1.63. The zero-order valence-corrected chi connectivity index (χ0v) is 20.0. The number of amides is 1. The number of pyridine rings is 1. The molecule has 0 radical (unpaired) electrons. The Morgan fingerprint density at radius 2 is 1.83 bits per heavy atom. The second kappa shape index (κ2) is 8.56. The smallest absolute Gasteiger partial charge is 0.270 e. The van der Waals surface area contributed by atoms with Gasteiger partial charge in [0.05, 0.1) is 4.91 Å². The normalized spacial score (nSPS) is 23.6. The summed E-state index contributed by atoms with van der Waals surface area (Å²) in [7, 11) is 1.71. The number of nitriles is 1. The molecule has 1 amide bonds. The van der Waals surface area contributed by atoms with Crippen molar-refractivity contribution < 1.29 is 4.79 Å². The van der Waals surface area contributed by atoms with Crippen molar-refractivity contribution in [2.24, 2.45) is 18.9 Å². The van der Waals surface area contributed by atoms with Crippen molar-refractivity contribution in [1.82, 2.24) is 9.47 Å². The molecule has 0 aromatic carbocycles. The second-order valence-corrected chi connectivity index (χ2v) is 10.4. The molecule has 0 saturated carbocycles. The van der Waals surface area contributed by atoms with Gasteiger partial charge in [0.15, 0.2) is 0 Å². The zero-order valence-electron chi connectivity index (χ0n) is 18.4. The van der Waals surface area contributed by atoms with Crippen molar-refractivity contribution in [2.45, 2.75) is 47.1 Å². The number of rotatable bonds is 3. The number of aromatic nitrogens is 1. The third-order valence-electron chi connectivity index (χ3n) is 5.75. The molecule has 160 valence electrons. The number of thiocarbonyl (C=S) groups is 1. The Labute approximate surface area is 187 Å². The van der Waals surface area contributed by atoms with Gasteiger partial charge < -0.3 is 4.90 Å².